The van der Waals surface area contributed by atoms with Crippen LogP contribution < -0.4 is 0 Å². The molecule has 1 aromatic heterocycles. The number of benzene rings is 1. The van der Waals surface area contributed by atoms with Gasteiger partial charge in [-0.1, -0.05) is 38.1 Å². The second kappa shape index (κ2) is 7.88. The Morgan fingerprint density at radius 3 is 2.68 bits per heavy atom. The lowest BCUT2D eigenvalue weighted by Crippen LogP contribution is -2.56. The van der Waals surface area contributed by atoms with E-state index < -0.39 is 5.60 Å². The van der Waals surface area contributed by atoms with Crippen molar-refractivity contribution in [3.63, 3.8) is 0 Å². The molecule has 5 nitrogen and oxygen atoms in total. The second-order valence-corrected chi connectivity index (χ2v) is 12.8. The molecular weight excluding hydrogens is 422 g/mol. The van der Waals surface area contributed by atoms with Crippen LogP contribution in [0.1, 0.15) is 85.0 Å². The average Bonchev–Trinajstić information content (AvgIpc) is 3.40. The van der Waals surface area contributed by atoms with Crippen LogP contribution in [0.3, 0.4) is 0 Å². The van der Waals surface area contributed by atoms with Crippen LogP contribution >= 0.6 is 0 Å². The third-order valence-electron chi connectivity index (χ3n) is 11.5. The molecule has 8 atom stereocenters. The summed E-state index contributed by atoms with van der Waals surface area (Å²) in [5, 5.41) is 19.6. The zero-order valence-electron chi connectivity index (χ0n) is 21.2. The molecule has 1 heterocycles. The van der Waals surface area contributed by atoms with Gasteiger partial charge in [0.15, 0.2) is 5.78 Å². The standard InChI is InChI=1S/C29H41N3O2/c1-4-29(34)16-12-20-19(17-29)11-14-27(2)21(20)13-15-28(3)22(9-10-26(27)28)25(33)18-32-24-8-6-5-7-23(24)30-31-32/h5-8,19-22,26,34H,4,9-18H2,1-3H3/t19-,20?,21+,22+,26-,27?,28+,29+/m0/s1. The largest absolute Gasteiger partial charge is 0.390 e. The molecule has 0 aliphatic heterocycles. The Morgan fingerprint density at radius 2 is 1.85 bits per heavy atom. The molecule has 2 aromatic rings. The van der Waals surface area contributed by atoms with Gasteiger partial charge < -0.3 is 5.11 Å². The topological polar surface area (TPSA) is 68.0 Å². The molecule has 2 unspecified atom stereocenters. The van der Waals surface area contributed by atoms with E-state index in [1.165, 1.54) is 38.5 Å². The summed E-state index contributed by atoms with van der Waals surface area (Å²) in [5.74, 6) is 3.34. The first-order valence-electron chi connectivity index (χ1n) is 13.8. The molecule has 0 spiro atoms. The molecule has 0 saturated heterocycles. The molecule has 4 aliphatic rings. The van der Waals surface area contributed by atoms with Gasteiger partial charge in [0, 0.05) is 5.92 Å². The number of ketones is 1. The molecule has 1 aromatic carbocycles. The molecule has 34 heavy (non-hydrogen) atoms. The van der Waals surface area contributed by atoms with Gasteiger partial charge in [-0.3, -0.25) is 4.79 Å². The number of para-hydroxylation sites is 1. The van der Waals surface area contributed by atoms with Gasteiger partial charge in [0.05, 0.1) is 11.1 Å². The van der Waals surface area contributed by atoms with Crippen molar-refractivity contribution in [3.8, 4) is 0 Å². The van der Waals surface area contributed by atoms with Gasteiger partial charge in [-0.15, -0.1) is 5.10 Å². The minimum absolute atomic E-state index is 0.102. The summed E-state index contributed by atoms with van der Waals surface area (Å²) in [6.45, 7) is 7.51. The zero-order chi connectivity index (χ0) is 23.7. The van der Waals surface area contributed by atoms with Gasteiger partial charge in [0.2, 0.25) is 0 Å². The minimum Gasteiger partial charge on any atom is -0.390 e. The highest BCUT2D eigenvalue weighted by atomic mass is 16.3. The number of hydrogen-bond acceptors (Lipinski definition) is 4. The predicted molar refractivity (Wildman–Crippen MR) is 133 cm³/mol. The van der Waals surface area contributed by atoms with E-state index in [4.69, 9.17) is 0 Å². The fourth-order valence-corrected chi connectivity index (χ4v) is 9.68. The number of aliphatic hydroxyl groups is 1. The smallest absolute Gasteiger partial charge is 0.157 e. The third-order valence-corrected chi connectivity index (χ3v) is 11.5. The van der Waals surface area contributed by atoms with Crippen LogP contribution in [0, 0.1) is 40.4 Å². The Labute approximate surface area is 203 Å². The third kappa shape index (κ3) is 3.25. The van der Waals surface area contributed by atoms with Crippen molar-refractivity contribution < 1.29 is 9.90 Å². The number of carbonyl (C=O) groups is 1. The summed E-state index contributed by atoms with van der Waals surface area (Å²) >= 11 is 0. The number of hydrogen-bond donors (Lipinski definition) is 1. The molecule has 0 amide bonds. The van der Waals surface area contributed by atoms with Crippen LogP contribution in [-0.2, 0) is 11.3 Å². The molecule has 184 valence electrons. The van der Waals surface area contributed by atoms with Crippen molar-refractivity contribution in [1.82, 2.24) is 15.0 Å². The normalized spacial score (nSPS) is 43.8. The van der Waals surface area contributed by atoms with Crippen LogP contribution in [0.15, 0.2) is 24.3 Å². The Bertz CT molecular complexity index is 1100. The van der Waals surface area contributed by atoms with Gasteiger partial charge in [-0.05, 0) is 111 Å². The first-order chi connectivity index (χ1) is 16.3. The Hall–Kier alpha value is -1.75. The van der Waals surface area contributed by atoms with Crippen molar-refractivity contribution >= 4 is 16.8 Å². The van der Waals surface area contributed by atoms with Crippen molar-refractivity contribution in [2.45, 2.75) is 97.1 Å². The van der Waals surface area contributed by atoms with E-state index >= 15 is 0 Å². The maximum atomic E-state index is 13.7. The Morgan fingerprint density at radius 1 is 1.06 bits per heavy atom. The van der Waals surface area contributed by atoms with E-state index in [0.717, 1.165) is 48.6 Å². The van der Waals surface area contributed by atoms with Crippen molar-refractivity contribution in [1.29, 1.82) is 0 Å². The van der Waals surface area contributed by atoms with Crippen molar-refractivity contribution in [2.24, 2.45) is 40.4 Å². The molecule has 4 fully saturated rings. The van der Waals surface area contributed by atoms with E-state index in [9.17, 15) is 9.90 Å². The van der Waals surface area contributed by atoms with Gasteiger partial charge in [0.1, 0.15) is 12.1 Å². The van der Waals surface area contributed by atoms with E-state index in [0.29, 0.717) is 29.6 Å². The van der Waals surface area contributed by atoms with Gasteiger partial charge in [-0.2, -0.15) is 0 Å². The minimum atomic E-state index is -0.422. The highest BCUT2D eigenvalue weighted by molar-refractivity contribution is 5.84. The number of aromatic nitrogens is 3. The van der Waals surface area contributed by atoms with E-state index in [1.54, 1.807) is 0 Å². The maximum Gasteiger partial charge on any atom is 0.157 e. The maximum absolute atomic E-state index is 13.7. The van der Waals surface area contributed by atoms with Crippen molar-refractivity contribution in [2.75, 3.05) is 0 Å². The summed E-state index contributed by atoms with van der Waals surface area (Å²) in [6.07, 6.45) is 11.3. The van der Waals surface area contributed by atoms with Gasteiger partial charge in [-0.25, -0.2) is 4.68 Å². The SMILES string of the molecule is CC[C@@]1(O)CCC2[C@@H](CCC3(C)[C@@H]2CC[C@]2(C)[C@@H](C(=O)Cn4nnc5ccccc54)CC[C@@H]32)C1. The van der Waals surface area contributed by atoms with Crippen LogP contribution in [-0.4, -0.2) is 31.5 Å². The zero-order valence-corrected chi connectivity index (χ0v) is 21.2. The lowest BCUT2D eigenvalue weighted by atomic mass is 9.43. The van der Waals surface area contributed by atoms with E-state index in [1.807, 2.05) is 28.9 Å². The fourth-order valence-electron chi connectivity index (χ4n) is 9.68. The molecular formula is C29H41N3O2. The summed E-state index contributed by atoms with van der Waals surface area (Å²) in [6, 6.07) is 7.93. The molecule has 0 bridgehead atoms. The number of Topliss-reactive ketones (excluding diaryl/α,β-unsaturated/α-hetero) is 1. The summed E-state index contributed by atoms with van der Waals surface area (Å²) in [5.41, 5.74) is 1.83. The number of rotatable bonds is 4. The van der Waals surface area contributed by atoms with Crippen LogP contribution in [0.4, 0.5) is 0 Å². The number of fused-ring (bicyclic) bond motifs is 6. The molecule has 4 saturated carbocycles. The first-order valence-corrected chi connectivity index (χ1v) is 13.8. The lowest BCUT2D eigenvalue weighted by molar-refractivity contribution is -0.154. The summed E-state index contributed by atoms with van der Waals surface area (Å²) in [7, 11) is 0. The van der Waals surface area contributed by atoms with Crippen molar-refractivity contribution in [3.05, 3.63) is 24.3 Å². The quantitative estimate of drug-likeness (QED) is 0.622. The average molecular weight is 464 g/mol. The summed E-state index contributed by atoms with van der Waals surface area (Å²) in [4.78, 5) is 13.7. The van der Waals surface area contributed by atoms with Crippen LogP contribution in [0.25, 0.3) is 11.0 Å². The highest BCUT2D eigenvalue weighted by Crippen LogP contribution is 2.69. The number of carbonyl (C=O) groups excluding carboxylic acids is 1. The summed E-state index contributed by atoms with van der Waals surface area (Å²) < 4.78 is 1.81. The lowest BCUT2D eigenvalue weighted by Gasteiger charge is -2.62. The Kier molecular flexibility index (Phi) is 5.26. The van der Waals surface area contributed by atoms with Crippen LogP contribution in [0.5, 0.6) is 0 Å². The van der Waals surface area contributed by atoms with Gasteiger partial charge >= 0.3 is 0 Å². The van der Waals surface area contributed by atoms with Gasteiger partial charge in [0.25, 0.3) is 0 Å². The first kappa shape index (κ1) is 22.7. The highest BCUT2D eigenvalue weighted by Gasteiger charge is 2.63. The van der Waals surface area contributed by atoms with E-state index in [2.05, 4.69) is 31.1 Å². The number of nitrogens with zero attached hydrogens (tertiary/aromatic N) is 3. The molecule has 0 radical (unpaired) electrons. The molecule has 5 heteroatoms. The molecule has 1 N–H and O–H groups in total. The molecule has 4 aliphatic carbocycles. The van der Waals surface area contributed by atoms with E-state index in [-0.39, 0.29) is 11.3 Å². The second-order valence-electron chi connectivity index (χ2n) is 12.8. The fraction of sp³-hybridized carbons (Fsp3) is 0.759. The Balaban J connectivity index is 1.22. The van der Waals surface area contributed by atoms with Crippen LogP contribution in [0.2, 0.25) is 0 Å². The predicted octanol–water partition coefficient (Wildman–Crippen LogP) is 5.80. The molecule has 6 rings (SSSR count). The monoisotopic (exact) mass is 463 g/mol.